The number of para-hydroxylation sites is 1. The molecule has 2 nitrogen and oxygen atoms in total. The van der Waals surface area contributed by atoms with E-state index in [-0.39, 0.29) is 0 Å². The molecule has 0 atom stereocenters. The summed E-state index contributed by atoms with van der Waals surface area (Å²) in [4.78, 5) is 0. The molecular formula is C25H17N2S+. The average molecular weight is 377 g/mol. The van der Waals surface area contributed by atoms with Crippen LogP contribution in [0.25, 0.3) is 59.1 Å². The zero-order valence-corrected chi connectivity index (χ0v) is 16.5. The molecule has 132 valence electrons. The van der Waals surface area contributed by atoms with Crippen LogP contribution < -0.4 is 4.57 Å². The minimum atomic E-state index is 1.29. The summed E-state index contributed by atoms with van der Waals surface area (Å²) in [6, 6.07) is 20.3. The van der Waals surface area contributed by atoms with E-state index in [0.717, 1.165) is 0 Å². The number of hydrogen-bond donors (Lipinski definition) is 0. The molecule has 0 aliphatic carbocycles. The van der Waals surface area contributed by atoms with Gasteiger partial charge in [-0.1, -0.05) is 30.3 Å². The number of nitrogens with zero attached hydrogens (tertiary/aromatic N) is 2. The third-order valence-electron chi connectivity index (χ3n) is 6.34. The van der Waals surface area contributed by atoms with Gasteiger partial charge in [0.2, 0.25) is 5.52 Å². The monoisotopic (exact) mass is 377 g/mol. The molecule has 0 spiro atoms. The van der Waals surface area contributed by atoms with E-state index in [1.165, 1.54) is 64.6 Å². The Balaban J connectivity index is 2.02. The first-order valence-corrected chi connectivity index (χ1v) is 10.5. The highest BCUT2D eigenvalue weighted by Gasteiger charge is 2.24. The summed E-state index contributed by atoms with van der Waals surface area (Å²) in [5.74, 6) is 0. The van der Waals surface area contributed by atoms with Gasteiger partial charge in [0.1, 0.15) is 12.6 Å². The van der Waals surface area contributed by atoms with E-state index in [1.54, 1.807) is 0 Å². The summed E-state index contributed by atoms with van der Waals surface area (Å²) in [5, 5.41) is 10.3. The topological polar surface area (TPSA) is 8.29 Å². The maximum Gasteiger partial charge on any atom is 0.238 e. The van der Waals surface area contributed by atoms with Crippen molar-refractivity contribution in [2.24, 2.45) is 7.05 Å². The molecule has 0 amide bonds. The molecule has 0 N–H and O–H groups in total. The van der Waals surface area contributed by atoms with Crippen molar-refractivity contribution in [1.82, 2.24) is 4.40 Å². The maximum atomic E-state index is 2.49. The van der Waals surface area contributed by atoms with Crippen molar-refractivity contribution in [3.63, 3.8) is 0 Å². The lowest BCUT2D eigenvalue weighted by Gasteiger charge is -2.14. The lowest BCUT2D eigenvalue weighted by molar-refractivity contribution is -0.644. The SMILES string of the molecule is Cc1ccc2c3sccc3cc3c2c1c1c2c(cc[n+]1C)c1ccccc1n32. The largest absolute Gasteiger partial charge is 0.303 e. The van der Waals surface area contributed by atoms with Gasteiger partial charge < -0.3 is 4.40 Å². The average Bonchev–Trinajstić information content (AvgIpc) is 3.31. The number of benzene rings is 3. The Bertz CT molecular complexity index is 1720. The molecular weight excluding hydrogens is 360 g/mol. The Morgan fingerprint density at radius 1 is 0.857 bits per heavy atom. The van der Waals surface area contributed by atoms with Gasteiger partial charge in [-0.05, 0) is 41.5 Å². The zero-order chi connectivity index (χ0) is 18.6. The quantitative estimate of drug-likeness (QED) is 0.166. The van der Waals surface area contributed by atoms with E-state index in [9.17, 15) is 0 Å². The van der Waals surface area contributed by atoms with Gasteiger partial charge in [0.25, 0.3) is 0 Å². The first kappa shape index (κ1) is 14.8. The van der Waals surface area contributed by atoms with Gasteiger partial charge in [-0.3, -0.25) is 0 Å². The minimum Gasteiger partial charge on any atom is -0.303 e. The van der Waals surface area contributed by atoms with Gasteiger partial charge in [-0.15, -0.1) is 11.3 Å². The lowest BCUT2D eigenvalue weighted by Crippen LogP contribution is -2.28. The van der Waals surface area contributed by atoms with Crippen LogP contribution in [0.2, 0.25) is 0 Å². The van der Waals surface area contributed by atoms with Crippen LogP contribution in [0.3, 0.4) is 0 Å². The first-order valence-electron chi connectivity index (χ1n) is 9.60. The third-order valence-corrected chi connectivity index (χ3v) is 7.30. The lowest BCUT2D eigenvalue weighted by atomic mass is 9.97. The normalized spacial score (nSPS) is 12.6. The summed E-state index contributed by atoms with van der Waals surface area (Å²) in [5.41, 5.74) is 6.57. The van der Waals surface area contributed by atoms with Gasteiger partial charge in [0, 0.05) is 32.3 Å². The summed E-state index contributed by atoms with van der Waals surface area (Å²) >= 11 is 1.84. The highest BCUT2D eigenvalue weighted by Crippen LogP contribution is 2.43. The highest BCUT2D eigenvalue weighted by atomic mass is 32.1. The fourth-order valence-corrected chi connectivity index (χ4v) is 6.07. The van der Waals surface area contributed by atoms with E-state index in [1.807, 2.05) is 11.3 Å². The molecule has 7 rings (SSSR count). The second-order valence-corrected chi connectivity index (χ2v) is 8.72. The number of fused-ring (bicyclic) bond motifs is 7. The second kappa shape index (κ2) is 4.81. The van der Waals surface area contributed by atoms with E-state index in [0.29, 0.717) is 0 Å². The van der Waals surface area contributed by atoms with Crippen molar-refractivity contribution in [2.45, 2.75) is 6.92 Å². The van der Waals surface area contributed by atoms with Crippen LogP contribution in [-0.2, 0) is 7.05 Å². The number of aryl methyl sites for hydroxylation is 2. The molecule has 0 aliphatic heterocycles. The predicted octanol–water partition coefficient (Wildman–Crippen LogP) is 6.34. The van der Waals surface area contributed by atoms with E-state index >= 15 is 0 Å². The van der Waals surface area contributed by atoms with Crippen molar-refractivity contribution < 1.29 is 4.57 Å². The van der Waals surface area contributed by atoms with E-state index in [2.05, 4.69) is 89.1 Å². The van der Waals surface area contributed by atoms with Crippen molar-refractivity contribution in [3.8, 4) is 0 Å². The fourth-order valence-electron chi connectivity index (χ4n) is 5.15. The van der Waals surface area contributed by atoms with Crippen molar-refractivity contribution >= 4 is 70.4 Å². The molecule has 28 heavy (non-hydrogen) atoms. The predicted molar refractivity (Wildman–Crippen MR) is 120 cm³/mol. The Morgan fingerprint density at radius 2 is 1.75 bits per heavy atom. The molecule has 0 radical (unpaired) electrons. The molecule has 0 unspecified atom stereocenters. The standard InChI is InChI=1S/C25H17N2S/c1-14-7-8-18-22-20(13-15-10-12-28-25(15)18)27-19-6-4-3-5-16(19)17-9-11-26(2)24(21(14)22)23(17)27/h3-13H,1-2H3/q+1. The molecule has 4 heterocycles. The smallest absolute Gasteiger partial charge is 0.238 e. The summed E-state index contributed by atoms with van der Waals surface area (Å²) in [7, 11) is 2.17. The molecule has 0 fully saturated rings. The summed E-state index contributed by atoms with van der Waals surface area (Å²) in [6.45, 7) is 2.24. The number of rotatable bonds is 0. The van der Waals surface area contributed by atoms with Crippen LogP contribution in [0.15, 0.2) is 66.2 Å². The number of pyridine rings is 2. The minimum absolute atomic E-state index is 1.29. The Labute approximate surface area is 165 Å². The van der Waals surface area contributed by atoms with Crippen LogP contribution in [0.4, 0.5) is 0 Å². The molecule has 0 saturated carbocycles. The Morgan fingerprint density at radius 3 is 2.68 bits per heavy atom. The van der Waals surface area contributed by atoms with Crippen molar-refractivity contribution in [2.75, 3.05) is 0 Å². The molecule has 0 aliphatic rings. The molecule has 3 aromatic carbocycles. The van der Waals surface area contributed by atoms with Gasteiger partial charge >= 0.3 is 0 Å². The highest BCUT2D eigenvalue weighted by molar-refractivity contribution is 7.18. The van der Waals surface area contributed by atoms with Gasteiger partial charge in [0.15, 0.2) is 6.20 Å². The Hall–Kier alpha value is -3.17. The summed E-state index contributed by atoms with van der Waals surface area (Å²) < 4.78 is 6.17. The van der Waals surface area contributed by atoms with Crippen LogP contribution in [-0.4, -0.2) is 4.40 Å². The van der Waals surface area contributed by atoms with Crippen LogP contribution >= 0.6 is 11.3 Å². The van der Waals surface area contributed by atoms with Crippen molar-refractivity contribution in [1.29, 1.82) is 0 Å². The van der Waals surface area contributed by atoms with Crippen LogP contribution in [0.1, 0.15) is 5.56 Å². The van der Waals surface area contributed by atoms with Crippen LogP contribution in [0, 0.1) is 6.92 Å². The molecule has 7 aromatic rings. The molecule has 3 heteroatoms. The molecule has 0 saturated heterocycles. The fraction of sp³-hybridized carbons (Fsp3) is 0.0800. The number of thiophene rings is 1. The third kappa shape index (κ3) is 1.55. The molecule has 0 bridgehead atoms. The number of aromatic nitrogens is 2. The van der Waals surface area contributed by atoms with Gasteiger partial charge in [0.05, 0.1) is 16.4 Å². The van der Waals surface area contributed by atoms with Gasteiger partial charge in [-0.2, -0.15) is 4.57 Å². The van der Waals surface area contributed by atoms with Crippen LogP contribution in [0.5, 0.6) is 0 Å². The molecule has 4 aromatic heterocycles. The van der Waals surface area contributed by atoms with E-state index < -0.39 is 0 Å². The van der Waals surface area contributed by atoms with Gasteiger partial charge in [-0.25, -0.2) is 0 Å². The summed E-state index contributed by atoms with van der Waals surface area (Å²) in [6.07, 6.45) is 2.21. The first-order chi connectivity index (χ1) is 13.7. The maximum absolute atomic E-state index is 2.49. The zero-order valence-electron chi connectivity index (χ0n) is 15.7. The number of hydrogen-bond acceptors (Lipinski definition) is 1. The Kier molecular flexibility index (Phi) is 2.55. The van der Waals surface area contributed by atoms with E-state index in [4.69, 9.17) is 0 Å². The second-order valence-electron chi connectivity index (χ2n) is 7.80. The van der Waals surface area contributed by atoms with Crippen molar-refractivity contribution in [3.05, 3.63) is 71.7 Å².